The van der Waals surface area contributed by atoms with Gasteiger partial charge in [0.25, 0.3) is 0 Å². The molecule has 88 valence electrons. The predicted molar refractivity (Wildman–Crippen MR) is 76.8 cm³/mol. The Morgan fingerprint density at radius 1 is 1.35 bits per heavy atom. The Hall–Kier alpha value is -1.61. The lowest BCUT2D eigenvalue weighted by molar-refractivity contribution is 0.971. The Balaban J connectivity index is 2.43. The molecule has 0 amide bonds. The number of hydrogen-bond donors (Lipinski definition) is 1. The van der Waals surface area contributed by atoms with Crippen molar-refractivity contribution in [3.05, 3.63) is 47.0 Å². The van der Waals surface area contributed by atoms with Crippen LogP contribution in [0.3, 0.4) is 0 Å². The van der Waals surface area contributed by atoms with Gasteiger partial charge < -0.3 is 5.73 Å². The quantitative estimate of drug-likeness (QED) is 0.647. The zero-order valence-corrected chi connectivity index (χ0v) is 10.9. The van der Waals surface area contributed by atoms with Gasteiger partial charge >= 0.3 is 0 Å². The second kappa shape index (κ2) is 5.15. The van der Waals surface area contributed by atoms with Gasteiger partial charge in [-0.05, 0) is 23.9 Å². The highest BCUT2D eigenvalue weighted by molar-refractivity contribution is 7.19. The molecule has 1 aromatic heterocycles. The number of nitrogens with zero attached hydrogens (tertiary/aromatic N) is 1. The largest absolute Gasteiger partial charge is 0.390 e. The summed E-state index contributed by atoms with van der Waals surface area (Å²) in [5, 5.41) is 1.35. The first-order valence-corrected chi connectivity index (χ1v) is 6.43. The molecule has 1 heterocycles. The summed E-state index contributed by atoms with van der Waals surface area (Å²) in [6.07, 6.45) is 5.14. The summed E-state index contributed by atoms with van der Waals surface area (Å²) < 4.78 is 1.35. The van der Waals surface area contributed by atoms with Crippen molar-refractivity contribution in [3.63, 3.8) is 0 Å². The number of benzene rings is 1. The van der Waals surface area contributed by atoms with E-state index >= 15 is 0 Å². The molecule has 1 unspecified atom stereocenters. The monoisotopic (exact) mass is 244 g/mol. The van der Waals surface area contributed by atoms with Crippen molar-refractivity contribution >= 4 is 27.8 Å². The molecule has 17 heavy (non-hydrogen) atoms. The van der Waals surface area contributed by atoms with E-state index in [1.165, 1.54) is 26.9 Å². The van der Waals surface area contributed by atoms with E-state index in [-0.39, 0.29) is 0 Å². The van der Waals surface area contributed by atoms with Crippen molar-refractivity contribution in [1.29, 1.82) is 0 Å². The van der Waals surface area contributed by atoms with Crippen molar-refractivity contribution in [2.24, 2.45) is 10.7 Å². The van der Waals surface area contributed by atoms with Gasteiger partial charge in [0, 0.05) is 21.7 Å². The van der Waals surface area contributed by atoms with E-state index in [4.69, 9.17) is 5.73 Å². The van der Waals surface area contributed by atoms with Crippen LogP contribution < -0.4 is 5.73 Å². The van der Waals surface area contributed by atoms with Crippen molar-refractivity contribution in [2.45, 2.75) is 19.8 Å². The summed E-state index contributed by atoms with van der Waals surface area (Å²) in [5.74, 6) is 0.356. The molecule has 2 nitrogen and oxygen atoms in total. The Morgan fingerprint density at radius 3 is 2.88 bits per heavy atom. The highest BCUT2D eigenvalue weighted by Crippen LogP contribution is 2.35. The summed E-state index contributed by atoms with van der Waals surface area (Å²) in [6, 6.07) is 8.53. The van der Waals surface area contributed by atoms with Gasteiger partial charge in [-0.25, -0.2) is 4.99 Å². The van der Waals surface area contributed by atoms with Gasteiger partial charge in [-0.2, -0.15) is 0 Å². The molecular formula is C14H16N2S. The standard InChI is InChI=1S/C14H16N2S/c1-10(7-8-16-9-15)14-11(2)17-13-6-4-3-5-12(13)14/h3-10H,1-2H3,(H2,15,16). The normalized spacial score (nSPS) is 14.0. The number of rotatable bonds is 3. The van der Waals surface area contributed by atoms with Crippen molar-refractivity contribution in [1.82, 2.24) is 0 Å². The van der Waals surface area contributed by atoms with E-state index in [0.29, 0.717) is 5.92 Å². The third-order valence-electron chi connectivity index (χ3n) is 2.82. The fourth-order valence-corrected chi connectivity index (χ4v) is 3.25. The van der Waals surface area contributed by atoms with E-state index in [2.05, 4.69) is 49.2 Å². The highest BCUT2D eigenvalue weighted by atomic mass is 32.1. The van der Waals surface area contributed by atoms with E-state index in [1.54, 1.807) is 6.20 Å². The SMILES string of the molecule is Cc1sc2ccccc2c1C(C)C=CN=CN. The topological polar surface area (TPSA) is 38.4 Å². The lowest BCUT2D eigenvalue weighted by Crippen LogP contribution is -1.90. The number of fused-ring (bicyclic) bond motifs is 1. The maximum absolute atomic E-state index is 5.21. The number of nitrogens with two attached hydrogens (primary N) is 1. The third kappa shape index (κ3) is 2.39. The molecule has 0 fully saturated rings. The highest BCUT2D eigenvalue weighted by Gasteiger charge is 2.12. The number of allylic oxidation sites excluding steroid dienone is 1. The number of aliphatic imine (C=N–C) groups is 1. The lowest BCUT2D eigenvalue weighted by atomic mass is 9.98. The molecule has 0 aliphatic carbocycles. The maximum Gasteiger partial charge on any atom is 0.0852 e. The Kier molecular flexibility index (Phi) is 3.59. The summed E-state index contributed by atoms with van der Waals surface area (Å²) in [5.41, 5.74) is 6.61. The molecule has 0 saturated carbocycles. The van der Waals surface area contributed by atoms with Crippen LogP contribution in [0.2, 0.25) is 0 Å². The van der Waals surface area contributed by atoms with Gasteiger partial charge in [0.05, 0.1) is 6.34 Å². The molecule has 0 aliphatic heterocycles. The average Bonchev–Trinajstić information content (AvgIpc) is 2.65. The van der Waals surface area contributed by atoms with Crippen LogP contribution in [0.25, 0.3) is 10.1 Å². The smallest absolute Gasteiger partial charge is 0.0852 e. The second-order valence-corrected chi connectivity index (χ2v) is 5.25. The van der Waals surface area contributed by atoms with Crippen LogP contribution >= 0.6 is 11.3 Å². The summed E-state index contributed by atoms with van der Waals surface area (Å²) >= 11 is 1.85. The van der Waals surface area contributed by atoms with Gasteiger partial charge in [-0.1, -0.05) is 31.2 Å². The maximum atomic E-state index is 5.21. The lowest BCUT2D eigenvalue weighted by Gasteiger charge is -2.06. The summed E-state index contributed by atoms with van der Waals surface area (Å²) in [6.45, 7) is 4.36. The number of aryl methyl sites for hydroxylation is 1. The molecule has 0 spiro atoms. The zero-order valence-electron chi connectivity index (χ0n) is 10.1. The fourth-order valence-electron chi connectivity index (χ4n) is 2.08. The first kappa shape index (κ1) is 11.9. The van der Waals surface area contributed by atoms with E-state index in [1.807, 2.05) is 11.3 Å². The molecule has 1 atom stereocenters. The molecule has 0 radical (unpaired) electrons. The van der Waals surface area contributed by atoms with Crippen molar-refractivity contribution < 1.29 is 0 Å². The Labute approximate surface area is 105 Å². The van der Waals surface area contributed by atoms with Crippen LogP contribution in [-0.4, -0.2) is 6.34 Å². The molecule has 1 aromatic carbocycles. The average molecular weight is 244 g/mol. The second-order valence-electron chi connectivity index (χ2n) is 4.00. The molecule has 0 aliphatic rings. The summed E-state index contributed by atoms with van der Waals surface area (Å²) in [7, 11) is 0. The van der Waals surface area contributed by atoms with Gasteiger partial charge in [-0.3, -0.25) is 0 Å². The van der Waals surface area contributed by atoms with Crippen LogP contribution in [0.5, 0.6) is 0 Å². The van der Waals surface area contributed by atoms with Gasteiger partial charge in [0.1, 0.15) is 0 Å². The van der Waals surface area contributed by atoms with Crippen LogP contribution in [0.4, 0.5) is 0 Å². The molecule has 0 saturated heterocycles. The van der Waals surface area contributed by atoms with Crippen LogP contribution in [0, 0.1) is 6.92 Å². The third-order valence-corrected chi connectivity index (χ3v) is 3.92. The van der Waals surface area contributed by atoms with E-state index in [0.717, 1.165) is 0 Å². The first-order chi connectivity index (χ1) is 8.24. The van der Waals surface area contributed by atoms with Crippen molar-refractivity contribution in [3.8, 4) is 0 Å². The van der Waals surface area contributed by atoms with Crippen LogP contribution in [-0.2, 0) is 0 Å². The molecule has 2 rings (SSSR count). The zero-order chi connectivity index (χ0) is 12.3. The molecule has 3 heteroatoms. The minimum absolute atomic E-state index is 0.356. The summed E-state index contributed by atoms with van der Waals surface area (Å²) in [4.78, 5) is 5.28. The van der Waals surface area contributed by atoms with Crippen LogP contribution in [0.1, 0.15) is 23.3 Å². The van der Waals surface area contributed by atoms with Crippen molar-refractivity contribution in [2.75, 3.05) is 0 Å². The molecule has 2 aromatic rings. The first-order valence-electron chi connectivity index (χ1n) is 5.62. The van der Waals surface area contributed by atoms with Gasteiger partial charge in [0.2, 0.25) is 0 Å². The van der Waals surface area contributed by atoms with Crippen LogP contribution in [0.15, 0.2) is 41.5 Å². The Bertz CT molecular complexity index is 567. The molecular weight excluding hydrogens is 228 g/mol. The van der Waals surface area contributed by atoms with E-state index < -0.39 is 0 Å². The van der Waals surface area contributed by atoms with Gasteiger partial charge in [-0.15, -0.1) is 11.3 Å². The Morgan fingerprint density at radius 2 is 2.12 bits per heavy atom. The molecule has 0 bridgehead atoms. The number of hydrogen-bond acceptors (Lipinski definition) is 2. The molecule has 2 N–H and O–H groups in total. The van der Waals surface area contributed by atoms with Gasteiger partial charge in [0.15, 0.2) is 0 Å². The fraction of sp³-hybridized carbons (Fsp3) is 0.214. The van der Waals surface area contributed by atoms with E-state index in [9.17, 15) is 0 Å². The minimum atomic E-state index is 0.356. The minimum Gasteiger partial charge on any atom is -0.390 e. The number of thiophene rings is 1. The predicted octanol–water partition coefficient (Wildman–Crippen LogP) is 3.81.